The van der Waals surface area contributed by atoms with Crippen molar-refractivity contribution >= 4 is 11.6 Å². The lowest BCUT2D eigenvalue weighted by Crippen LogP contribution is -2.34. The number of carbonyl (C=O) groups is 1. The molecule has 1 amide bonds. The fourth-order valence-electron chi connectivity index (χ4n) is 2.74. The van der Waals surface area contributed by atoms with Gasteiger partial charge >= 0.3 is 0 Å². The van der Waals surface area contributed by atoms with E-state index in [2.05, 4.69) is 5.32 Å². The van der Waals surface area contributed by atoms with Gasteiger partial charge in [-0.15, -0.1) is 0 Å². The van der Waals surface area contributed by atoms with Crippen LogP contribution in [-0.4, -0.2) is 11.9 Å². The van der Waals surface area contributed by atoms with E-state index in [9.17, 15) is 9.18 Å². The number of hydrogen-bond donors (Lipinski definition) is 2. The summed E-state index contributed by atoms with van der Waals surface area (Å²) in [4.78, 5) is 11.2. The third kappa shape index (κ3) is 3.05. The van der Waals surface area contributed by atoms with Crippen LogP contribution < -0.4 is 11.1 Å². The Morgan fingerprint density at radius 3 is 2.52 bits per heavy atom. The van der Waals surface area contributed by atoms with E-state index >= 15 is 0 Å². The molecule has 3 nitrogen and oxygen atoms in total. The average Bonchev–Trinajstić information content (AvgIpc) is 2.44. The Morgan fingerprint density at radius 2 is 1.86 bits per heavy atom. The molecule has 2 aromatic rings. The summed E-state index contributed by atoms with van der Waals surface area (Å²) >= 11 is 0. The molecule has 0 atom stereocenters. The number of primary amides is 1. The zero-order chi connectivity index (χ0) is 14.8. The van der Waals surface area contributed by atoms with Crippen LogP contribution in [0.1, 0.15) is 34.7 Å². The van der Waals surface area contributed by atoms with Crippen molar-refractivity contribution in [1.82, 2.24) is 0 Å². The lowest BCUT2D eigenvalue weighted by Gasteiger charge is -2.37. The smallest absolute Gasteiger partial charge is 0.248 e. The van der Waals surface area contributed by atoms with Crippen LogP contribution in [-0.2, 0) is 0 Å². The molecule has 0 bridgehead atoms. The van der Waals surface area contributed by atoms with Crippen molar-refractivity contribution in [3.05, 3.63) is 65.5 Å². The first-order valence-corrected chi connectivity index (χ1v) is 7.03. The van der Waals surface area contributed by atoms with Crippen molar-refractivity contribution in [2.75, 3.05) is 5.32 Å². The topological polar surface area (TPSA) is 55.1 Å². The van der Waals surface area contributed by atoms with E-state index in [0.717, 1.165) is 18.5 Å². The number of benzene rings is 2. The molecule has 0 spiro atoms. The van der Waals surface area contributed by atoms with Gasteiger partial charge < -0.3 is 11.1 Å². The highest BCUT2D eigenvalue weighted by molar-refractivity contribution is 5.93. The highest BCUT2D eigenvalue weighted by Gasteiger charge is 2.30. The van der Waals surface area contributed by atoms with Gasteiger partial charge in [0, 0.05) is 17.3 Å². The molecule has 2 aromatic carbocycles. The molecule has 0 aliphatic heterocycles. The Bertz CT molecular complexity index is 648. The Balaban J connectivity index is 1.58. The summed E-state index contributed by atoms with van der Waals surface area (Å²) in [5, 5.41) is 3.40. The van der Waals surface area contributed by atoms with Crippen molar-refractivity contribution in [1.29, 1.82) is 0 Å². The number of nitrogens with two attached hydrogens (primary N) is 1. The summed E-state index contributed by atoms with van der Waals surface area (Å²) in [6.07, 6.45) is 2.01. The summed E-state index contributed by atoms with van der Waals surface area (Å²) in [6, 6.07) is 14.3. The van der Waals surface area contributed by atoms with Crippen LogP contribution >= 0.6 is 0 Å². The second kappa shape index (κ2) is 5.56. The Labute approximate surface area is 123 Å². The molecule has 1 aliphatic rings. The molecule has 0 aromatic heterocycles. The lowest BCUT2D eigenvalue weighted by molar-refractivity contribution is 0.100. The van der Waals surface area contributed by atoms with E-state index in [4.69, 9.17) is 5.73 Å². The predicted octanol–water partition coefficient (Wildman–Crippen LogP) is 3.28. The molecule has 0 radical (unpaired) electrons. The minimum Gasteiger partial charge on any atom is -0.382 e. The fourth-order valence-corrected chi connectivity index (χ4v) is 2.74. The maximum absolute atomic E-state index is 12.9. The first-order chi connectivity index (χ1) is 10.1. The summed E-state index contributed by atoms with van der Waals surface area (Å²) in [7, 11) is 0. The largest absolute Gasteiger partial charge is 0.382 e. The molecule has 1 fully saturated rings. The van der Waals surface area contributed by atoms with Crippen molar-refractivity contribution in [3.8, 4) is 0 Å². The third-order valence-corrected chi connectivity index (χ3v) is 4.00. The van der Waals surface area contributed by atoms with Gasteiger partial charge in [-0.05, 0) is 54.7 Å². The van der Waals surface area contributed by atoms with Gasteiger partial charge in [0.05, 0.1) is 0 Å². The molecular formula is C17H17FN2O. The number of nitrogens with one attached hydrogen (secondary N) is 1. The number of halogens is 1. The molecule has 1 saturated carbocycles. The molecule has 1 aliphatic carbocycles. The van der Waals surface area contributed by atoms with Crippen LogP contribution in [0.2, 0.25) is 0 Å². The van der Waals surface area contributed by atoms with Gasteiger partial charge in [-0.25, -0.2) is 4.39 Å². The molecule has 3 N–H and O–H groups in total. The second-order valence-electron chi connectivity index (χ2n) is 5.51. The van der Waals surface area contributed by atoms with Crippen LogP contribution in [0.5, 0.6) is 0 Å². The standard InChI is InChI=1S/C17H17FN2O/c18-14-6-4-11(5-7-14)13-9-16(10-13)20-15-3-1-2-12(8-15)17(19)21/h1-8,13,16,20H,9-10H2,(H2,19,21). The van der Waals surface area contributed by atoms with Gasteiger partial charge in [0.1, 0.15) is 5.82 Å². The number of carbonyl (C=O) groups excluding carboxylic acids is 1. The molecular weight excluding hydrogens is 267 g/mol. The highest BCUT2D eigenvalue weighted by Crippen LogP contribution is 2.38. The van der Waals surface area contributed by atoms with Crippen LogP contribution in [0.25, 0.3) is 0 Å². The zero-order valence-electron chi connectivity index (χ0n) is 11.6. The molecule has 3 rings (SSSR count). The molecule has 0 unspecified atom stereocenters. The molecule has 108 valence electrons. The highest BCUT2D eigenvalue weighted by atomic mass is 19.1. The minimum absolute atomic E-state index is 0.198. The van der Waals surface area contributed by atoms with E-state index in [1.807, 2.05) is 24.3 Å². The van der Waals surface area contributed by atoms with Crippen LogP contribution in [0.15, 0.2) is 48.5 Å². The quantitative estimate of drug-likeness (QED) is 0.905. The Morgan fingerprint density at radius 1 is 1.14 bits per heavy atom. The van der Waals surface area contributed by atoms with E-state index in [-0.39, 0.29) is 5.82 Å². The van der Waals surface area contributed by atoms with Crippen LogP contribution in [0.3, 0.4) is 0 Å². The SMILES string of the molecule is NC(=O)c1cccc(NC2CC(c3ccc(F)cc3)C2)c1. The lowest BCUT2D eigenvalue weighted by atomic mass is 9.76. The predicted molar refractivity (Wildman–Crippen MR) is 80.7 cm³/mol. The van der Waals surface area contributed by atoms with Gasteiger partial charge in [-0.1, -0.05) is 18.2 Å². The number of anilines is 1. The minimum atomic E-state index is -0.420. The van der Waals surface area contributed by atoms with Crippen molar-refractivity contribution in [2.45, 2.75) is 24.8 Å². The fraction of sp³-hybridized carbons (Fsp3) is 0.235. The Kier molecular flexibility index (Phi) is 3.60. The number of rotatable bonds is 4. The first-order valence-electron chi connectivity index (χ1n) is 7.03. The van der Waals surface area contributed by atoms with Crippen LogP contribution in [0.4, 0.5) is 10.1 Å². The van der Waals surface area contributed by atoms with Gasteiger partial charge in [-0.3, -0.25) is 4.79 Å². The normalized spacial score (nSPS) is 20.6. The zero-order valence-corrected chi connectivity index (χ0v) is 11.6. The first kappa shape index (κ1) is 13.6. The van der Waals surface area contributed by atoms with Crippen LogP contribution in [0, 0.1) is 5.82 Å². The van der Waals surface area contributed by atoms with E-state index in [0.29, 0.717) is 17.5 Å². The van der Waals surface area contributed by atoms with E-state index < -0.39 is 5.91 Å². The van der Waals surface area contributed by atoms with Gasteiger partial charge in [0.15, 0.2) is 0 Å². The molecule has 21 heavy (non-hydrogen) atoms. The van der Waals surface area contributed by atoms with Gasteiger partial charge in [0.2, 0.25) is 5.91 Å². The Hall–Kier alpha value is -2.36. The maximum atomic E-state index is 12.9. The summed E-state index contributed by atoms with van der Waals surface area (Å²) < 4.78 is 12.9. The van der Waals surface area contributed by atoms with E-state index in [1.165, 1.54) is 17.7 Å². The summed E-state index contributed by atoms with van der Waals surface area (Å²) in [5.74, 6) is -0.144. The monoisotopic (exact) mass is 284 g/mol. The van der Waals surface area contributed by atoms with Crippen molar-refractivity contribution in [3.63, 3.8) is 0 Å². The van der Waals surface area contributed by atoms with E-state index in [1.54, 1.807) is 12.1 Å². The maximum Gasteiger partial charge on any atom is 0.248 e. The average molecular weight is 284 g/mol. The second-order valence-corrected chi connectivity index (χ2v) is 5.51. The number of hydrogen-bond acceptors (Lipinski definition) is 2. The summed E-state index contributed by atoms with van der Waals surface area (Å²) in [5.41, 5.74) is 7.87. The van der Waals surface area contributed by atoms with Crippen molar-refractivity contribution in [2.24, 2.45) is 5.73 Å². The summed E-state index contributed by atoms with van der Waals surface area (Å²) in [6.45, 7) is 0. The van der Waals surface area contributed by atoms with Gasteiger partial charge in [0.25, 0.3) is 0 Å². The van der Waals surface area contributed by atoms with Crippen molar-refractivity contribution < 1.29 is 9.18 Å². The molecule has 0 saturated heterocycles. The molecule has 4 heteroatoms. The van der Waals surface area contributed by atoms with Gasteiger partial charge in [-0.2, -0.15) is 0 Å². The molecule has 0 heterocycles. The third-order valence-electron chi connectivity index (χ3n) is 4.00. The number of amides is 1.